The Morgan fingerprint density at radius 3 is 2.76 bits per heavy atom. The molecular formula is C13H15ClN2O4S. The lowest BCUT2D eigenvalue weighted by Gasteiger charge is -2.16. The Balaban J connectivity index is 2.31. The van der Waals surface area contributed by atoms with Crippen molar-refractivity contribution in [1.82, 2.24) is 10.1 Å². The molecule has 0 fully saturated rings. The van der Waals surface area contributed by atoms with E-state index < -0.39 is 9.05 Å². The zero-order valence-electron chi connectivity index (χ0n) is 11.6. The first-order valence-electron chi connectivity index (χ1n) is 6.38. The molecule has 1 heterocycles. The molecule has 0 aliphatic rings. The Labute approximate surface area is 127 Å². The highest BCUT2D eigenvalue weighted by atomic mass is 35.7. The molecule has 0 amide bonds. The van der Waals surface area contributed by atoms with Gasteiger partial charge in [-0.25, -0.2) is 8.42 Å². The van der Waals surface area contributed by atoms with Gasteiger partial charge in [0.2, 0.25) is 12.2 Å². The van der Waals surface area contributed by atoms with Gasteiger partial charge in [0.15, 0.2) is 6.61 Å². The standard InChI is InChI=1S/C13H15ClN2O4S/c1-3-9(2)11-6-10(21(14,17)18)4-5-12(11)19-7-13-15-8-20-16-13/h4-6,8-9H,3,7H2,1-2H3. The highest BCUT2D eigenvalue weighted by Crippen LogP contribution is 2.32. The van der Waals surface area contributed by atoms with Gasteiger partial charge in [0.1, 0.15) is 5.75 Å². The van der Waals surface area contributed by atoms with Crippen LogP contribution in [0, 0.1) is 0 Å². The predicted octanol–water partition coefficient (Wildman–Crippen LogP) is 3.09. The number of nitrogens with zero attached hydrogens (tertiary/aromatic N) is 2. The molecule has 0 saturated carbocycles. The van der Waals surface area contributed by atoms with Crippen molar-refractivity contribution in [3.05, 3.63) is 36.0 Å². The minimum Gasteiger partial charge on any atom is -0.485 e. The van der Waals surface area contributed by atoms with Crippen molar-refractivity contribution >= 4 is 19.7 Å². The molecule has 1 aromatic carbocycles. The first-order chi connectivity index (χ1) is 9.91. The average molecular weight is 331 g/mol. The second-order valence-electron chi connectivity index (χ2n) is 4.58. The van der Waals surface area contributed by atoms with E-state index in [1.54, 1.807) is 12.1 Å². The summed E-state index contributed by atoms with van der Waals surface area (Å²) in [5.74, 6) is 1.13. The number of hydrogen-bond acceptors (Lipinski definition) is 6. The van der Waals surface area contributed by atoms with Crippen LogP contribution in [0.2, 0.25) is 0 Å². The summed E-state index contributed by atoms with van der Waals surface area (Å²) < 4.78 is 33.2. The Morgan fingerprint density at radius 2 is 2.19 bits per heavy atom. The van der Waals surface area contributed by atoms with Gasteiger partial charge in [-0.1, -0.05) is 19.0 Å². The molecule has 21 heavy (non-hydrogen) atoms. The first-order valence-corrected chi connectivity index (χ1v) is 8.69. The predicted molar refractivity (Wildman–Crippen MR) is 76.8 cm³/mol. The number of aromatic nitrogens is 2. The van der Waals surface area contributed by atoms with Gasteiger partial charge in [-0.05, 0) is 36.1 Å². The fourth-order valence-corrected chi connectivity index (χ4v) is 2.60. The van der Waals surface area contributed by atoms with Crippen LogP contribution >= 0.6 is 10.7 Å². The Hall–Kier alpha value is -1.60. The van der Waals surface area contributed by atoms with Gasteiger partial charge in [0.05, 0.1) is 4.90 Å². The van der Waals surface area contributed by atoms with E-state index in [0.717, 1.165) is 12.0 Å². The van der Waals surface area contributed by atoms with Crippen LogP contribution < -0.4 is 4.74 Å². The van der Waals surface area contributed by atoms with Gasteiger partial charge >= 0.3 is 0 Å². The van der Waals surface area contributed by atoms with E-state index in [0.29, 0.717) is 11.6 Å². The highest BCUT2D eigenvalue weighted by molar-refractivity contribution is 8.13. The second-order valence-corrected chi connectivity index (χ2v) is 7.15. The molecule has 0 bridgehead atoms. The lowest BCUT2D eigenvalue weighted by atomic mass is 9.98. The number of benzene rings is 1. The van der Waals surface area contributed by atoms with Gasteiger partial charge in [-0.15, -0.1) is 0 Å². The van der Waals surface area contributed by atoms with Crippen LogP contribution in [0.1, 0.15) is 37.6 Å². The van der Waals surface area contributed by atoms with E-state index in [-0.39, 0.29) is 17.4 Å². The fourth-order valence-electron chi connectivity index (χ4n) is 1.81. The molecule has 8 heteroatoms. The maximum atomic E-state index is 11.4. The van der Waals surface area contributed by atoms with Crippen molar-refractivity contribution < 1.29 is 17.7 Å². The molecule has 0 radical (unpaired) electrons. The Kier molecular flexibility index (Phi) is 4.84. The summed E-state index contributed by atoms with van der Waals surface area (Å²) in [4.78, 5) is 3.92. The maximum Gasteiger partial charge on any atom is 0.261 e. The topological polar surface area (TPSA) is 82.3 Å². The third-order valence-corrected chi connectivity index (χ3v) is 4.52. The number of ether oxygens (including phenoxy) is 1. The molecule has 0 saturated heterocycles. The molecule has 1 atom stereocenters. The van der Waals surface area contributed by atoms with Crippen LogP contribution in [0.3, 0.4) is 0 Å². The molecule has 2 aromatic rings. The Bertz CT molecular complexity index is 701. The number of hydrogen-bond donors (Lipinski definition) is 0. The summed E-state index contributed by atoms with van der Waals surface area (Å²) in [6.07, 6.45) is 2.06. The summed E-state index contributed by atoms with van der Waals surface area (Å²) in [7, 11) is 1.62. The normalized spacial score (nSPS) is 13.1. The van der Waals surface area contributed by atoms with E-state index in [9.17, 15) is 8.42 Å². The molecule has 114 valence electrons. The highest BCUT2D eigenvalue weighted by Gasteiger charge is 2.17. The zero-order chi connectivity index (χ0) is 15.5. The third-order valence-electron chi connectivity index (χ3n) is 3.17. The number of rotatable bonds is 6. The summed E-state index contributed by atoms with van der Waals surface area (Å²) in [6, 6.07) is 4.55. The zero-order valence-corrected chi connectivity index (χ0v) is 13.2. The van der Waals surface area contributed by atoms with Crippen molar-refractivity contribution in [3.8, 4) is 5.75 Å². The van der Waals surface area contributed by atoms with Gasteiger partial charge in [-0.3, -0.25) is 0 Å². The molecular weight excluding hydrogens is 316 g/mol. The van der Waals surface area contributed by atoms with Crippen LogP contribution in [-0.2, 0) is 15.7 Å². The van der Waals surface area contributed by atoms with Crippen molar-refractivity contribution in [2.24, 2.45) is 0 Å². The van der Waals surface area contributed by atoms with E-state index in [1.165, 1.54) is 12.5 Å². The molecule has 0 aliphatic carbocycles. The minimum atomic E-state index is -3.76. The second kappa shape index (κ2) is 6.44. The summed E-state index contributed by atoms with van der Waals surface area (Å²) in [5.41, 5.74) is 0.780. The Morgan fingerprint density at radius 1 is 1.43 bits per heavy atom. The smallest absolute Gasteiger partial charge is 0.261 e. The lowest BCUT2D eigenvalue weighted by molar-refractivity contribution is 0.282. The van der Waals surface area contributed by atoms with Crippen LogP contribution in [0.4, 0.5) is 0 Å². The molecule has 6 nitrogen and oxygen atoms in total. The SMILES string of the molecule is CCC(C)c1cc(S(=O)(=O)Cl)ccc1OCc1ncon1. The lowest BCUT2D eigenvalue weighted by Crippen LogP contribution is -2.04. The molecule has 0 N–H and O–H groups in total. The monoisotopic (exact) mass is 330 g/mol. The average Bonchev–Trinajstić information content (AvgIpc) is 2.96. The van der Waals surface area contributed by atoms with Gasteiger partial charge < -0.3 is 9.26 Å². The van der Waals surface area contributed by atoms with Crippen molar-refractivity contribution in [3.63, 3.8) is 0 Å². The number of halogens is 1. The van der Waals surface area contributed by atoms with E-state index >= 15 is 0 Å². The fraction of sp³-hybridized carbons (Fsp3) is 0.385. The van der Waals surface area contributed by atoms with Crippen LogP contribution in [0.15, 0.2) is 34.0 Å². The van der Waals surface area contributed by atoms with Crippen molar-refractivity contribution in [2.45, 2.75) is 37.7 Å². The molecule has 2 rings (SSSR count). The van der Waals surface area contributed by atoms with Gasteiger partial charge in [0.25, 0.3) is 9.05 Å². The van der Waals surface area contributed by atoms with Crippen LogP contribution in [-0.4, -0.2) is 18.6 Å². The van der Waals surface area contributed by atoms with Crippen LogP contribution in [0.5, 0.6) is 5.75 Å². The van der Waals surface area contributed by atoms with Crippen molar-refractivity contribution in [1.29, 1.82) is 0 Å². The summed E-state index contributed by atoms with van der Waals surface area (Å²) in [6.45, 7) is 4.14. The largest absolute Gasteiger partial charge is 0.485 e. The van der Waals surface area contributed by atoms with Crippen LogP contribution in [0.25, 0.3) is 0 Å². The molecule has 0 spiro atoms. The maximum absolute atomic E-state index is 11.4. The van der Waals surface area contributed by atoms with Crippen molar-refractivity contribution in [2.75, 3.05) is 0 Å². The summed E-state index contributed by atoms with van der Waals surface area (Å²) >= 11 is 0. The molecule has 1 aromatic heterocycles. The quantitative estimate of drug-likeness (QED) is 0.757. The minimum absolute atomic E-state index is 0.0615. The molecule has 0 aliphatic heterocycles. The third kappa shape index (κ3) is 3.95. The van der Waals surface area contributed by atoms with E-state index in [4.69, 9.17) is 15.4 Å². The van der Waals surface area contributed by atoms with E-state index in [1.807, 2.05) is 13.8 Å². The first kappa shape index (κ1) is 15.8. The van der Waals surface area contributed by atoms with Gasteiger partial charge in [0, 0.05) is 10.7 Å². The van der Waals surface area contributed by atoms with Gasteiger partial charge in [-0.2, -0.15) is 4.98 Å². The van der Waals surface area contributed by atoms with E-state index in [2.05, 4.69) is 14.7 Å². The summed E-state index contributed by atoms with van der Waals surface area (Å²) in [5, 5.41) is 3.65. The molecule has 1 unspecified atom stereocenters.